The second-order valence-electron chi connectivity index (χ2n) is 3.40. The SMILES string of the molecule is CCOC(=O)c1cc(Br)cc2c(O)ccnc12. The number of ether oxygens (including phenoxy) is 1. The van der Waals surface area contributed by atoms with Gasteiger partial charge in [0.15, 0.2) is 0 Å². The van der Waals surface area contributed by atoms with Crippen molar-refractivity contribution >= 4 is 32.8 Å². The van der Waals surface area contributed by atoms with E-state index in [2.05, 4.69) is 20.9 Å². The van der Waals surface area contributed by atoms with Gasteiger partial charge in [0.05, 0.1) is 17.7 Å². The van der Waals surface area contributed by atoms with E-state index >= 15 is 0 Å². The zero-order valence-electron chi connectivity index (χ0n) is 9.11. The molecule has 1 aromatic carbocycles. The lowest BCUT2D eigenvalue weighted by Crippen LogP contribution is -2.06. The van der Waals surface area contributed by atoms with Gasteiger partial charge in [-0.25, -0.2) is 4.79 Å². The molecule has 4 nitrogen and oxygen atoms in total. The van der Waals surface area contributed by atoms with E-state index in [0.717, 1.165) is 0 Å². The molecule has 0 spiro atoms. The zero-order chi connectivity index (χ0) is 12.4. The number of hydrogen-bond donors (Lipinski definition) is 1. The number of fused-ring (bicyclic) bond motifs is 1. The number of aromatic hydroxyl groups is 1. The van der Waals surface area contributed by atoms with Gasteiger partial charge in [0.1, 0.15) is 5.75 Å². The van der Waals surface area contributed by atoms with E-state index in [1.54, 1.807) is 19.1 Å². The maximum absolute atomic E-state index is 11.8. The molecule has 0 radical (unpaired) electrons. The van der Waals surface area contributed by atoms with Crippen LogP contribution in [0.5, 0.6) is 5.75 Å². The van der Waals surface area contributed by atoms with Gasteiger partial charge in [-0.1, -0.05) is 15.9 Å². The van der Waals surface area contributed by atoms with Crippen molar-refractivity contribution in [2.75, 3.05) is 6.61 Å². The molecule has 0 saturated heterocycles. The average Bonchev–Trinajstić information content (AvgIpc) is 2.30. The maximum Gasteiger partial charge on any atom is 0.340 e. The summed E-state index contributed by atoms with van der Waals surface area (Å²) < 4.78 is 5.64. The van der Waals surface area contributed by atoms with E-state index in [-0.39, 0.29) is 5.75 Å². The lowest BCUT2D eigenvalue weighted by atomic mass is 10.1. The van der Waals surface area contributed by atoms with Gasteiger partial charge in [-0.3, -0.25) is 4.98 Å². The third kappa shape index (κ3) is 2.24. The van der Waals surface area contributed by atoms with Crippen LogP contribution in [0.3, 0.4) is 0 Å². The molecule has 5 heteroatoms. The number of nitrogens with zero attached hydrogens (tertiary/aromatic N) is 1. The molecule has 0 unspecified atom stereocenters. The standard InChI is InChI=1S/C12H10BrNO3/c1-2-17-12(16)9-6-7(13)5-8-10(15)3-4-14-11(8)9/h3-6H,2H2,1H3,(H,14,15). The van der Waals surface area contributed by atoms with Crippen molar-refractivity contribution in [3.05, 3.63) is 34.4 Å². The van der Waals surface area contributed by atoms with Crippen molar-refractivity contribution in [2.45, 2.75) is 6.92 Å². The Morgan fingerprint density at radius 3 is 3.00 bits per heavy atom. The maximum atomic E-state index is 11.8. The Labute approximate surface area is 106 Å². The Hall–Kier alpha value is -1.62. The first-order valence-electron chi connectivity index (χ1n) is 5.08. The molecule has 0 saturated carbocycles. The summed E-state index contributed by atoms with van der Waals surface area (Å²) in [6.45, 7) is 2.04. The summed E-state index contributed by atoms with van der Waals surface area (Å²) in [5, 5.41) is 10.2. The lowest BCUT2D eigenvalue weighted by molar-refractivity contribution is 0.0528. The third-order valence-corrected chi connectivity index (χ3v) is 2.74. The van der Waals surface area contributed by atoms with Gasteiger partial charge >= 0.3 is 5.97 Å². The molecule has 0 aliphatic heterocycles. The van der Waals surface area contributed by atoms with Crippen LogP contribution in [0.4, 0.5) is 0 Å². The normalized spacial score (nSPS) is 10.5. The summed E-state index contributed by atoms with van der Waals surface area (Å²) >= 11 is 3.29. The van der Waals surface area contributed by atoms with Crippen LogP contribution in [0.15, 0.2) is 28.9 Å². The van der Waals surface area contributed by atoms with Crippen LogP contribution in [0.1, 0.15) is 17.3 Å². The molecule has 2 aromatic rings. The Bertz CT molecular complexity index is 583. The molecule has 1 N–H and O–H groups in total. The van der Waals surface area contributed by atoms with Crippen LogP contribution in [-0.2, 0) is 4.74 Å². The topological polar surface area (TPSA) is 59.4 Å². The number of hydrogen-bond acceptors (Lipinski definition) is 4. The molecule has 0 amide bonds. The Morgan fingerprint density at radius 1 is 1.53 bits per heavy atom. The fourth-order valence-electron chi connectivity index (χ4n) is 1.57. The quantitative estimate of drug-likeness (QED) is 0.866. The predicted molar refractivity (Wildman–Crippen MR) is 67.1 cm³/mol. The lowest BCUT2D eigenvalue weighted by Gasteiger charge is -2.07. The molecule has 88 valence electrons. The van der Waals surface area contributed by atoms with Crippen molar-refractivity contribution < 1.29 is 14.6 Å². The van der Waals surface area contributed by atoms with E-state index in [1.807, 2.05) is 0 Å². The number of rotatable bonds is 2. The Balaban J connectivity index is 2.70. The summed E-state index contributed by atoms with van der Waals surface area (Å²) in [5.74, 6) is -0.362. The summed E-state index contributed by atoms with van der Waals surface area (Å²) in [6, 6.07) is 4.82. The van der Waals surface area contributed by atoms with E-state index in [1.165, 1.54) is 12.3 Å². The number of benzene rings is 1. The molecule has 2 rings (SSSR count). The summed E-state index contributed by atoms with van der Waals surface area (Å²) in [5.41, 5.74) is 0.777. The second-order valence-corrected chi connectivity index (χ2v) is 4.32. The fourth-order valence-corrected chi connectivity index (χ4v) is 2.03. The van der Waals surface area contributed by atoms with Gasteiger partial charge in [-0.2, -0.15) is 0 Å². The molecule has 0 fully saturated rings. The predicted octanol–water partition coefficient (Wildman–Crippen LogP) is 2.88. The first kappa shape index (κ1) is 11.9. The van der Waals surface area contributed by atoms with Gasteiger partial charge in [0.25, 0.3) is 0 Å². The fraction of sp³-hybridized carbons (Fsp3) is 0.167. The highest BCUT2D eigenvalue weighted by atomic mass is 79.9. The number of aromatic nitrogens is 1. The number of carbonyl (C=O) groups is 1. The number of esters is 1. The highest BCUT2D eigenvalue weighted by Gasteiger charge is 2.15. The van der Waals surface area contributed by atoms with Crippen molar-refractivity contribution in [3.8, 4) is 5.75 Å². The minimum absolute atomic E-state index is 0.0850. The van der Waals surface area contributed by atoms with Crippen LogP contribution in [0.2, 0.25) is 0 Å². The van der Waals surface area contributed by atoms with Crippen molar-refractivity contribution in [1.29, 1.82) is 0 Å². The van der Waals surface area contributed by atoms with Crippen LogP contribution in [0, 0.1) is 0 Å². The minimum atomic E-state index is -0.447. The van der Waals surface area contributed by atoms with Gasteiger partial charge in [0, 0.05) is 16.1 Å². The first-order chi connectivity index (χ1) is 8.13. The molecule has 17 heavy (non-hydrogen) atoms. The number of carbonyl (C=O) groups excluding carboxylic acids is 1. The van der Waals surface area contributed by atoms with Crippen molar-refractivity contribution in [3.63, 3.8) is 0 Å². The molecular weight excluding hydrogens is 286 g/mol. The second kappa shape index (κ2) is 4.71. The van der Waals surface area contributed by atoms with E-state index in [9.17, 15) is 9.90 Å². The highest BCUT2D eigenvalue weighted by molar-refractivity contribution is 9.10. The molecule has 1 aromatic heterocycles. The molecule has 0 aliphatic rings. The molecular formula is C12H10BrNO3. The summed E-state index contributed by atoms with van der Waals surface area (Å²) in [4.78, 5) is 15.9. The smallest absolute Gasteiger partial charge is 0.340 e. The van der Waals surface area contributed by atoms with Crippen LogP contribution in [0.25, 0.3) is 10.9 Å². The van der Waals surface area contributed by atoms with Crippen molar-refractivity contribution in [1.82, 2.24) is 4.98 Å². The van der Waals surface area contributed by atoms with Crippen LogP contribution in [-0.4, -0.2) is 22.7 Å². The average molecular weight is 296 g/mol. The third-order valence-electron chi connectivity index (χ3n) is 2.28. The van der Waals surface area contributed by atoms with Gasteiger partial charge in [-0.15, -0.1) is 0 Å². The highest BCUT2D eigenvalue weighted by Crippen LogP contribution is 2.29. The molecule has 1 heterocycles. The summed E-state index contributed by atoms with van der Waals surface area (Å²) in [7, 11) is 0. The molecule has 0 bridgehead atoms. The zero-order valence-corrected chi connectivity index (χ0v) is 10.7. The van der Waals surface area contributed by atoms with Gasteiger partial charge in [-0.05, 0) is 25.1 Å². The minimum Gasteiger partial charge on any atom is -0.507 e. The monoisotopic (exact) mass is 295 g/mol. The van der Waals surface area contributed by atoms with Crippen molar-refractivity contribution in [2.24, 2.45) is 0 Å². The van der Waals surface area contributed by atoms with E-state index < -0.39 is 5.97 Å². The first-order valence-corrected chi connectivity index (χ1v) is 5.87. The summed E-state index contributed by atoms with van der Waals surface area (Å²) in [6.07, 6.45) is 1.45. The largest absolute Gasteiger partial charge is 0.507 e. The Morgan fingerprint density at radius 2 is 2.29 bits per heavy atom. The molecule has 0 atom stereocenters. The van der Waals surface area contributed by atoms with Gasteiger partial charge in [0.2, 0.25) is 0 Å². The van der Waals surface area contributed by atoms with Crippen LogP contribution < -0.4 is 0 Å². The van der Waals surface area contributed by atoms with E-state index in [0.29, 0.717) is 27.5 Å². The number of halogens is 1. The van der Waals surface area contributed by atoms with Gasteiger partial charge < -0.3 is 9.84 Å². The Kier molecular flexibility index (Phi) is 3.28. The van der Waals surface area contributed by atoms with Crippen LogP contribution >= 0.6 is 15.9 Å². The van der Waals surface area contributed by atoms with E-state index in [4.69, 9.17) is 4.74 Å². The molecule has 0 aliphatic carbocycles. The number of pyridine rings is 1.